The molecule has 0 aliphatic rings. The lowest BCUT2D eigenvalue weighted by molar-refractivity contribution is -0.167. The SMILES string of the molecule is CC/C=C\C/C=C\C/C=C\C/C=C\CCCCC(=O)OCC(COC(=O)CCCCCCCCCCCCCCCCCCCCCCCCCCCCCCCCC)OC(=O)CCCCCCCCCCC/C=C\C/C=C\CCCCC. The first-order valence-electron chi connectivity index (χ1n) is 36.4. The lowest BCUT2D eigenvalue weighted by atomic mass is 10.0. The summed E-state index contributed by atoms with van der Waals surface area (Å²) in [4.78, 5) is 38.4. The Bertz CT molecular complexity index is 1520. The van der Waals surface area contributed by atoms with Crippen molar-refractivity contribution in [2.24, 2.45) is 0 Å². The van der Waals surface area contributed by atoms with E-state index in [2.05, 4.69) is 93.7 Å². The van der Waals surface area contributed by atoms with Crippen molar-refractivity contribution >= 4 is 17.9 Å². The molecule has 0 aliphatic carbocycles. The first kappa shape index (κ1) is 79.8. The number of hydrogen-bond acceptors (Lipinski definition) is 6. The number of esters is 3. The molecule has 0 saturated carbocycles. The van der Waals surface area contributed by atoms with E-state index in [9.17, 15) is 14.4 Å². The third-order valence-corrected chi connectivity index (χ3v) is 16.2. The number of unbranched alkanes of at least 4 members (excludes halogenated alkanes) is 44. The van der Waals surface area contributed by atoms with Crippen LogP contribution >= 0.6 is 0 Å². The Balaban J connectivity index is 4.22. The van der Waals surface area contributed by atoms with Crippen LogP contribution in [0.2, 0.25) is 0 Å². The molecule has 83 heavy (non-hydrogen) atoms. The maximum absolute atomic E-state index is 12.9. The van der Waals surface area contributed by atoms with Gasteiger partial charge in [-0.2, -0.15) is 0 Å². The molecule has 0 rings (SSSR count). The van der Waals surface area contributed by atoms with E-state index in [1.54, 1.807) is 0 Å². The molecule has 1 atom stereocenters. The highest BCUT2D eigenvalue weighted by molar-refractivity contribution is 5.71. The summed E-state index contributed by atoms with van der Waals surface area (Å²) in [5.41, 5.74) is 0. The molecule has 0 bridgehead atoms. The molecular weight excluding hydrogens is 1020 g/mol. The van der Waals surface area contributed by atoms with E-state index in [-0.39, 0.29) is 31.1 Å². The molecule has 0 saturated heterocycles. The summed E-state index contributed by atoms with van der Waals surface area (Å²) in [6.07, 6.45) is 93.9. The third kappa shape index (κ3) is 69.5. The van der Waals surface area contributed by atoms with Crippen molar-refractivity contribution in [3.8, 4) is 0 Å². The lowest BCUT2D eigenvalue weighted by Crippen LogP contribution is -2.30. The van der Waals surface area contributed by atoms with E-state index in [0.717, 1.165) is 89.9 Å². The summed E-state index contributed by atoms with van der Waals surface area (Å²) in [5, 5.41) is 0. The average Bonchev–Trinajstić information content (AvgIpc) is 3.50. The predicted molar refractivity (Wildman–Crippen MR) is 362 cm³/mol. The van der Waals surface area contributed by atoms with Gasteiger partial charge in [-0.1, -0.05) is 344 Å². The monoisotopic (exact) mass is 1160 g/mol. The van der Waals surface area contributed by atoms with Gasteiger partial charge in [0.2, 0.25) is 0 Å². The number of allylic oxidation sites excluding steroid dienone is 12. The number of carbonyl (C=O) groups excluding carboxylic acids is 3. The summed E-state index contributed by atoms with van der Waals surface area (Å²) >= 11 is 0. The van der Waals surface area contributed by atoms with Crippen LogP contribution in [-0.4, -0.2) is 37.2 Å². The van der Waals surface area contributed by atoms with Gasteiger partial charge < -0.3 is 14.2 Å². The van der Waals surface area contributed by atoms with Crippen LogP contribution in [0.15, 0.2) is 72.9 Å². The maximum Gasteiger partial charge on any atom is 0.306 e. The molecule has 0 radical (unpaired) electrons. The second-order valence-electron chi connectivity index (χ2n) is 24.5. The fourth-order valence-corrected chi connectivity index (χ4v) is 10.8. The van der Waals surface area contributed by atoms with Crippen molar-refractivity contribution in [2.75, 3.05) is 13.2 Å². The Morgan fingerprint density at radius 1 is 0.253 bits per heavy atom. The standard InChI is InChI=1S/C77H138O6/c1-4-7-10-13-16-19-22-25-28-30-32-33-34-35-36-37-38-39-40-41-42-43-45-46-49-52-55-58-61-64-67-70-76(79)82-73-74(72-81-75(78)69-66-63-60-57-54-51-48-27-24-21-18-15-12-9-6-3)83-77(80)71-68-65-62-59-56-53-50-47-44-31-29-26-23-20-17-14-11-8-5-2/h9,12,17-18,20-21,26-27,29,48,54,57,74H,4-8,10-11,13-16,19,22-25,28,30-47,49-53,55-56,58-73H2,1-3H3/b12-9-,20-17-,21-18-,29-26-,48-27-,57-54-. The van der Waals surface area contributed by atoms with Gasteiger partial charge in [-0.15, -0.1) is 0 Å². The van der Waals surface area contributed by atoms with Crippen molar-refractivity contribution < 1.29 is 28.6 Å². The molecule has 0 aromatic heterocycles. The number of hydrogen-bond donors (Lipinski definition) is 0. The first-order valence-corrected chi connectivity index (χ1v) is 36.4. The van der Waals surface area contributed by atoms with E-state index in [0.29, 0.717) is 19.3 Å². The summed E-state index contributed by atoms with van der Waals surface area (Å²) < 4.78 is 17.0. The van der Waals surface area contributed by atoms with E-state index in [4.69, 9.17) is 14.2 Å². The second-order valence-corrected chi connectivity index (χ2v) is 24.5. The fourth-order valence-electron chi connectivity index (χ4n) is 10.8. The van der Waals surface area contributed by atoms with Crippen LogP contribution in [0.3, 0.4) is 0 Å². The van der Waals surface area contributed by atoms with Crippen LogP contribution in [0.4, 0.5) is 0 Å². The van der Waals surface area contributed by atoms with Gasteiger partial charge in [-0.05, 0) is 89.9 Å². The van der Waals surface area contributed by atoms with Crippen molar-refractivity contribution in [2.45, 2.75) is 386 Å². The summed E-state index contributed by atoms with van der Waals surface area (Å²) in [5.74, 6) is -0.915. The highest BCUT2D eigenvalue weighted by Gasteiger charge is 2.19. The number of ether oxygens (including phenoxy) is 3. The fraction of sp³-hybridized carbons (Fsp3) is 0.805. The van der Waals surface area contributed by atoms with E-state index >= 15 is 0 Å². The highest BCUT2D eigenvalue weighted by atomic mass is 16.6. The largest absolute Gasteiger partial charge is 0.462 e. The molecule has 0 aromatic rings. The van der Waals surface area contributed by atoms with Crippen molar-refractivity contribution in [1.29, 1.82) is 0 Å². The van der Waals surface area contributed by atoms with Crippen molar-refractivity contribution in [3.05, 3.63) is 72.9 Å². The average molecular weight is 1160 g/mol. The summed E-state index contributed by atoms with van der Waals surface area (Å²) in [6.45, 7) is 6.52. The quantitative estimate of drug-likeness (QED) is 0.0261. The molecule has 6 nitrogen and oxygen atoms in total. The zero-order valence-corrected chi connectivity index (χ0v) is 55.5. The van der Waals surface area contributed by atoms with E-state index < -0.39 is 6.10 Å². The smallest absolute Gasteiger partial charge is 0.306 e. The van der Waals surface area contributed by atoms with Crippen LogP contribution in [-0.2, 0) is 28.6 Å². The minimum atomic E-state index is -0.796. The van der Waals surface area contributed by atoms with Gasteiger partial charge in [0.1, 0.15) is 13.2 Å². The molecular formula is C77H138O6. The van der Waals surface area contributed by atoms with E-state index in [1.165, 1.54) is 250 Å². The van der Waals surface area contributed by atoms with Crippen molar-refractivity contribution in [1.82, 2.24) is 0 Å². The van der Waals surface area contributed by atoms with Gasteiger partial charge in [0.05, 0.1) is 0 Å². The molecule has 0 heterocycles. The highest BCUT2D eigenvalue weighted by Crippen LogP contribution is 2.19. The van der Waals surface area contributed by atoms with Gasteiger partial charge in [0.15, 0.2) is 6.10 Å². The molecule has 1 unspecified atom stereocenters. The van der Waals surface area contributed by atoms with Crippen LogP contribution in [0.5, 0.6) is 0 Å². The zero-order chi connectivity index (χ0) is 59.9. The second kappa shape index (κ2) is 71.3. The van der Waals surface area contributed by atoms with Gasteiger partial charge >= 0.3 is 17.9 Å². The van der Waals surface area contributed by atoms with E-state index in [1.807, 2.05) is 0 Å². The molecule has 0 amide bonds. The van der Waals surface area contributed by atoms with Crippen LogP contribution in [0.1, 0.15) is 380 Å². The Hall–Kier alpha value is -3.15. The normalized spacial score (nSPS) is 12.5. The summed E-state index contributed by atoms with van der Waals surface area (Å²) in [7, 11) is 0. The summed E-state index contributed by atoms with van der Waals surface area (Å²) in [6, 6.07) is 0. The maximum atomic E-state index is 12.9. The van der Waals surface area contributed by atoms with Crippen LogP contribution in [0, 0.1) is 0 Å². The topological polar surface area (TPSA) is 78.9 Å². The lowest BCUT2D eigenvalue weighted by Gasteiger charge is -2.18. The van der Waals surface area contributed by atoms with Gasteiger partial charge in [-0.3, -0.25) is 14.4 Å². The van der Waals surface area contributed by atoms with Crippen LogP contribution in [0.25, 0.3) is 0 Å². The first-order chi connectivity index (χ1) is 41.0. The molecule has 482 valence electrons. The Morgan fingerprint density at radius 3 is 0.783 bits per heavy atom. The number of rotatable bonds is 67. The Labute approximate surface area is 516 Å². The molecule has 0 N–H and O–H groups in total. The van der Waals surface area contributed by atoms with Gasteiger partial charge in [0, 0.05) is 19.3 Å². The minimum Gasteiger partial charge on any atom is -0.462 e. The third-order valence-electron chi connectivity index (χ3n) is 16.2. The van der Waals surface area contributed by atoms with Gasteiger partial charge in [-0.25, -0.2) is 0 Å². The van der Waals surface area contributed by atoms with Gasteiger partial charge in [0.25, 0.3) is 0 Å². The Kier molecular flexibility index (Phi) is 68.6. The zero-order valence-electron chi connectivity index (χ0n) is 55.5. The van der Waals surface area contributed by atoms with Crippen LogP contribution < -0.4 is 0 Å². The molecule has 0 aromatic carbocycles. The predicted octanol–water partition coefficient (Wildman–Crippen LogP) is 25.2. The molecule has 0 aliphatic heterocycles. The number of carbonyl (C=O) groups is 3. The molecule has 0 fully saturated rings. The Morgan fingerprint density at radius 2 is 0.470 bits per heavy atom. The molecule has 0 spiro atoms. The van der Waals surface area contributed by atoms with Crippen molar-refractivity contribution in [3.63, 3.8) is 0 Å². The molecule has 6 heteroatoms. The minimum absolute atomic E-state index is 0.0872.